The fraction of sp³-hybridized carbons (Fsp3) is 0.526. The van der Waals surface area contributed by atoms with E-state index in [1.807, 2.05) is 45.4 Å². The standard InChI is InChI=1S/C19H32N4O/c1-6-7-10-13-23(5)19(20-2)21-16-17-11-8-9-12-18(17)24-15-14-22(3)4/h6,8-9,11-12H,1,7,10,13-16H2,2-5H3,(H,20,21). The number of nitrogens with one attached hydrogen (secondary N) is 1. The smallest absolute Gasteiger partial charge is 0.193 e. The van der Waals surface area contributed by atoms with Crippen molar-refractivity contribution in [2.75, 3.05) is 47.9 Å². The van der Waals surface area contributed by atoms with Gasteiger partial charge in [-0.05, 0) is 33.0 Å². The first kappa shape index (κ1) is 20.0. The van der Waals surface area contributed by atoms with E-state index in [1.165, 1.54) is 0 Å². The number of aliphatic imine (C=N–C) groups is 1. The number of guanidine groups is 1. The van der Waals surface area contributed by atoms with Gasteiger partial charge in [0.1, 0.15) is 12.4 Å². The molecular weight excluding hydrogens is 300 g/mol. The van der Waals surface area contributed by atoms with Crippen LogP contribution in [0.4, 0.5) is 0 Å². The fourth-order valence-electron chi connectivity index (χ4n) is 2.27. The summed E-state index contributed by atoms with van der Waals surface area (Å²) < 4.78 is 5.91. The first-order valence-electron chi connectivity index (χ1n) is 8.46. The molecule has 0 aromatic heterocycles. The lowest BCUT2D eigenvalue weighted by Gasteiger charge is -2.22. The van der Waals surface area contributed by atoms with Crippen LogP contribution in [-0.4, -0.2) is 63.6 Å². The maximum Gasteiger partial charge on any atom is 0.193 e. The van der Waals surface area contributed by atoms with Crippen molar-refractivity contribution in [3.63, 3.8) is 0 Å². The highest BCUT2D eigenvalue weighted by Crippen LogP contribution is 2.17. The summed E-state index contributed by atoms with van der Waals surface area (Å²) in [5.74, 6) is 1.82. The van der Waals surface area contributed by atoms with Gasteiger partial charge in [-0.2, -0.15) is 0 Å². The lowest BCUT2D eigenvalue weighted by atomic mass is 10.2. The van der Waals surface area contributed by atoms with Gasteiger partial charge in [0, 0.05) is 39.3 Å². The van der Waals surface area contributed by atoms with Gasteiger partial charge in [0.05, 0.1) is 0 Å². The molecule has 1 aromatic carbocycles. The van der Waals surface area contributed by atoms with E-state index in [2.05, 4.69) is 39.8 Å². The van der Waals surface area contributed by atoms with Crippen LogP contribution in [0.1, 0.15) is 18.4 Å². The van der Waals surface area contributed by atoms with Gasteiger partial charge in [-0.15, -0.1) is 6.58 Å². The zero-order valence-electron chi connectivity index (χ0n) is 15.6. The second-order valence-corrected chi connectivity index (χ2v) is 6.01. The first-order valence-corrected chi connectivity index (χ1v) is 8.46. The number of benzene rings is 1. The Morgan fingerprint density at radius 3 is 2.67 bits per heavy atom. The summed E-state index contributed by atoms with van der Waals surface area (Å²) >= 11 is 0. The van der Waals surface area contributed by atoms with Crippen LogP contribution in [0.2, 0.25) is 0 Å². The molecule has 24 heavy (non-hydrogen) atoms. The summed E-state index contributed by atoms with van der Waals surface area (Å²) in [4.78, 5) is 8.60. The Kier molecular flexibility index (Phi) is 9.61. The number of hydrogen-bond donors (Lipinski definition) is 1. The molecule has 0 unspecified atom stereocenters. The van der Waals surface area contributed by atoms with Crippen LogP contribution < -0.4 is 10.1 Å². The third kappa shape index (κ3) is 7.51. The van der Waals surface area contributed by atoms with Crippen molar-refractivity contribution in [1.82, 2.24) is 15.1 Å². The Hall–Kier alpha value is -2.01. The molecule has 0 atom stereocenters. The fourth-order valence-corrected chi connectivity index (χ4v) is 2.27. The van der Waals surface area contributed by atoms with Crippen molar-refractivity contribution in [2.45, 2.75) is 19.4 Å². The first-order chi connectivity index (χ1) is 11.6. The number of ether oxygens (including phenoxy) is 1. The Morgan fingerprint density at radius 2 is 2.00 bits per heavy atom. The van der Waals surface area contributed by atoms with Gasteiger partial charge in [-0.25, -0.2) is 0 Å². The maximum absolute atomic E-state index is 5.91. The molecule has 0 amide bonds. The molecule has 1 aromatic rings. The normalized spacial score (nSPS) is 11.5. The molecule has 0 saturated heterocycles. The molecule has 0 spiro atoms. The summed E-state index contributed by atoms with van der Waals surface area (Å²) in [7, 11) is 7.95. The van der Waals surface area contributed by atoms with Gasteiger partial charge in [-0.1, -0.05) is 24.3 Å². The number of nitrogens with zero attached hydrogens (tertiary/aromatic N) is 3. The van der Waals surface area contributed by atoms with Gasteiger partial charge in [0.2, 0.25) is 0 Å². The van der Waals surface area contributed by atoms with Gasteiger partial charge in [-0.3, -0.25) is 4.99 Å². The summed E-state index contributed by atoms with van der Waals surface area (Å²) in [5.41, 5.74) is 1.14. The second kappa shape index (κ2) is 11.5. The second-order valence-electron chi connectivity index (χ2n) is 6.01. The molecule has 1 rings (SSSR count). The van der Waals surface area contributed by atoms with Crippen molar-refractivity contribution in [1.29, 1.82) is 0 Å². The lowest BCUT2D eigenvalue weighted by Crippen LogP contribution is -2.39. The van der Waals surface area contributed by atoms with Crippen molar-refractivity contribution >= 4 is 5.96 Å². The SMILES string of the molecule is C=CCCCN(C)C(=NC)NCc1ccccc1OCCN(C)C. The molecule has 1 N–H and O–H groups in total. The Morgan fingerprint density at radius 1 is 1.25 bits per heavy atom. The number of rotatable bonds is 10. The maximum atomic E-state index is 5.91. The molecule has 0 fully saturated rings. The molecule has 0 saturated carbocycles. The van der Waals surface area contributed by atoms with E-state index < -0.39 is 0 Å². The highest BCUT2D eigenvalue weighted by molar-refractivity contribution is 5.79. The number of likely N-dealkylation sites (N-methyl/N-ethyl adjacent to an activating group) is 1. The molecule has 0 heterocycles. The third-order valence-corrected chi connectivity index (χ3v) is 3.68. The predicted octanol–water partition coefficient (Wildman–Crippen LogP) is 2.60. The van der Waals surface area contributed by atoms with Crippen molar-refractivity contribution in [3.8, 4) is 5.75 Å². The lowest BCUT2D eigenvalue weighted by molar-refractivity contribution is 0.259. The average molecular weight is 332 g/mol. The van der Waals surface area contributed by atoms with E-state index in [0.29, 0.717) is 13.2 Å². The molecule has 0 aliphatic heterocycles. The van der Waals surface area contributed by atoms with Crippen LogP contribution in [0.5, 0.6) is 5.75 Å². The molecule has 0 radical (unpaired) electrons. The monoisotopic (exact) mass is 332 g/mol. The topological polar surface area (TPSA) is 40.1 Å². The number of unbranched alkanes of at least 4 members (excludes halogenated alkanes) is 1. The van der Waals surface area contributed by atoms with Crippen LogP contribution in [0.25, 0.3) is 0 Å². The summed E-state index contributed by atoms with van der Waals surface area (Å²) in [6.07, 6.45) is 4.04. The summed E-state index contributed by atoms with van der Waals surface area (Å²) in [6, 6.07) is 8.14. The molecule has 5 nitrogen and oxygen atoms in total. The largest absolute Gasteiger partial charge is 0.492 e. The Balaban J connectivity index is 2.57. The van der Waals surface area contributed by atoms with Crippen LogP contribution >= 0.6 is 0 Å². The summed E-state index contributed by atoms with van der Waals surface area (Å²) in [5, 5.41) is 3.41. The van der Waals surface area contributed by atoms with E-state index in [9.17, 15) is 0 Å². The third-order valence-electron chi connectivity index (χ3n) is 3.68. The molecule has 134 valence electrons. The minimum absolute atomic E-state index is 0.681. The molecular formula is C19H32N4O. The van der Waals surface area contributed by atoms with Gasteiger partial charge < -0.3 is 19.9 Å². The number of allylic oxidation sites excluding steroid dienone is 1. The highest BCUT2D eigenvalue weighted by atomic mass is 16.5. The van der Waals surface area contributed by atoms with Crippen LogP contribution in [-0.2, 0) is 6.54 Å². The average Bonchev–Trinajstić information content (AvgIpc) is 2.56. The van der Waals surface area contributed by atoms with Crippen molar-refractivity contribution < 1.29 is 4.74 Å². The van der Waals surface area contributed by atoms with Gasteiger partial charge >= 0.3 is 0 Å². The minimum atomic E-state index is 0.681. The molecule has 0 aliphatic carbocycles. The van der Waals surface area contributed by atoms with E-state index in [1.54, 1.807) is 0 Å². The number of hydrogen-bond acceptors (Lipinski definition) is 3. The highest BCUT2D eigenvalue weighted by Gasteiger charge is 2.08. The van der Waals surface area contributed by atoms with Crippen LogP contribution in [0, 0.1) is 0 Å². The predicted molar refractivity (Wildman–Crippen MR) is 103 cm³/mol. The van der Waals surface area contributed by atoms with Crippen LogP contribution in [0.3, 0.4) is 0 Å². The quantitative estimate of drug-likeness (QED) is 0.309. The van der Waals surface area contributed by atoms with Crippen molar-refractivity contribution in [3.05, 3.63) is 42.5 Å². The molecule has 5 heteroatoms. The Labute approximate surface area is 147 Å². The van der Waals surface area contributed by atoms with E-state index in [-0.39, 0.29) is 0 Å². The minimum Gasteiger partial charge on any atom is -0.492 e. The van der Waals surface area contributed by atoms with Crippen molar-refractivity contribution in [2.24, 2.45) is 4.99 Å². The zero-order chi connectivity index (χ0) is 17.8. The zero-order valence-corrected chi connectivity index (χ0v) is 15.6. The van der Waals surface area contributed by atoms with E-state index >= 15 is 0 Å². The number of para-hydroxylation sites is 1. The Bertz CT molecular complexity index is 514. The van der Waals surface area contributed by atoms with Gasteiger partial charge in [0.15, 0.2) is 5.96 Å². The van der Waals surface area contributed by atoms with Crippen LogP contribution in [0.15, 0.2) is 41.9 Å². The molecule has 0 aliphatic rings. The van der Waals surface area contributed by atoms with E-state index in [4.69, 9.17) is 4.74 Å². The van der Waals surface area contributed by atoms with E-state index in [0.717, 1.165) is 43.2 Å². The molecule has 0 bridgehead atoms. The van der Waals surface area contributed by atoms with Gasteiger partial charge in [0.25, 0.3) is 0 Å². The summed E-state index contributed by atoms with van der Waals surface area (Å²) in [6.45, 7) is 6.98.